The van der Waals surface area contributed by atoms with E-state index in [1.807, 2.05) is 23.1 Å². The van der Waals surface area contributed by atoms with E-state index in [2.05, 4.69) is 0 Å². The van der Waals surface area contributed by atoms with Crippen molar-refractivity contribution in [1.82, 2.24) is 0 Å². The van der Waals surface area contributed by atoms with Gasteiger partial charge in [0.05, 0.1) is 27.0 Å². The third-order valence-electron chi connectivity index (χ3n) is 4.29. The van der Waals surface area contributed by atoms with Gasteiger partial charge in [0.15, 0.2) is 11.5 Å². The van der Waals surface area contributed by atoms with Crippen LogP contribution < -0.4 is 19.1 Å². The van der Waals surface area contributed by atoms with Gasteiger partial charge in [0.2, 0.25) is 0 Å². The van der Waals surface area contributed by atoms with Crippen LogP contribution in [0.25, 0.3) is 0 Å². The van der Waals surface area contributed by atoms with Crippen LogP contribution in [0, 0.1) is 0 Å². The molecule has 0 fully saturated rings. The molecule has 1 amide bonds. The van der Waals surface area contributed by atoms with Crippen LogP contribution in [-0.2, 0) is 6.42 Å². The van der Waals surface area contributed by atoms with E-state index in [9.17, 15) is 4.79 Å². The van der Waals surface area contributed by atoms with E-state index in [0.717, 1.165) is 29.8 Å². The molecule has 1 aliphatic rings. The Morgan fingerprint density at radius 3 is 2.46 bits per heavy atom. The minimum atomic E-state index is -0.0508. The Labute approximate surface area is 141 Å². The lowest BCUT2D eigenvalue weighted by molar-refractivity contribution is 0.0984. The van der Waals surface area contributed by atoms with Crippen LogP contribution in [0.2, 0.25) is 0 Å². The van der Waals surface area contributed by atoms with Gasteiger partial charge < -0.3 is 19.1 Å². The summed E-state index contributed by atoms with van der Waals surface area (Å²) in [6, 6.07) is 11.1. The van der Waals surface area contributed by atoms with Crippen molar-refractivity contribution >= 4 is 11.6 Å². The lowest BCUT2D eigenvalue weighted by Crippen LogP contribution is -2.35. The Morgan fingerprint density at radius 1 is 0.958 bits per heavy atom. The number of fused-ring (bicyclic) bond motifs is 1. The van der Waals surface area contributed by atoms with E-state index in [1.165, 1.54) is 0 Å². The number of aryl methyl sites for hydroxylation is 1. The van der Waals surface area contributed by atoms with Crippen LogP contribution >= 0.6 is 0 Å². The Hall–Kier alpha value is -2.69. The van der Waals surface area contributed by atoms with E-state index in [0.29, 0.717) is 23.6 Å². The Morgan fingerprint density at radius 2 is 1.75 bits per heavy atom. The molecule has 1 aliphatic heterocycles. The number of ether oxygens (including phenoxy) is 3. The average molecular weight is 327 g/mol. The van der Waals surface area contributed by atoms with Gasteiger partial charge in [-0.05, 0) is 42.7 Å². The maximum absolute atomic E-state index is 13.0. The molecular weight excluding hydrogens is 306 g/mol. The molecule has 2 aromatic carbocycles. The summed E-state index contributed by atoms with van der Waals surface area (Å²) >= 11 is 0. The molecule has 2 aromatic rings. The van der Waals surface area contributed by atoms with Crippen LogP contribution in [-0.4, -0.2) is 33.8 Å². The molecule has 5 nitrogen and oxygen atoms in total. The number of carbonyl (C=O) groups is 1. The third-order valence-corrected chi connectivity index (χ3v) is 4.29. The van der Waals surface area contributed by atoms with Gasteiger partial charge in [0.25, 0.3) is 5.91 Å². The van der Waals surface area contributed by atoms with Gasteiger partial charge in [0, 0.05) is 18.2 Å². The Balaban J connectivity index is 1.97. The zero-order valence-electron chi connectivity index (χ0n) is 14.2. The number of amides is 1. The highest BCUT2D eigenvalue weighted by molar-refractivity contribution is 6.07. The lowest BCUT2D eigenvalue weighted by atomic mass is 10.0. The summed E-state index contributed by atoms with van der Waals surface area (Å²) in [5.41, 5.74) is 2.65. The summed E-state index contributed by atoms with van der Waals surface area (Å²) < 4.78 is 15.8. The summed E-state index contributed by atoms with van der Waals surface area (Å²) in [4.78, 5) is 14.8. The highest BCUT2D eigenvalue weighted by atomic mass is 16.5. The van der Waals surface area contributed by atoms with Crippen LogP contribution in [0.15, 0.2) is 36.4 Å². The SMILES string of the molecule is COc1ccc2c(c1)N(C(=O)c1ccc(OC)c(OC)c1)CCC2. The first-order valence-corrected chi connectivity index (χ1v) is 7.88. The molecule has 0 saturated heterocycles. The zero-order chi connectivity index (χ0) is 17.1. The second kappa shape index (κ2) is 6.83. The van der Waals surface area contributed by atoms with Crippen molar-refractivity contribution in [2.24, 2.45) is 0 Å². The molecule has 0 bridgehead atoms. The number of anilines is 1. The third kappa shape index (κ3) is 2.89. The molecule has 0 spiro atoms. The predicted molar refractivity (Wildman–Crippen MR) is 92.5 cm³/mol. The van der Waals surface area contributed by atoms with Crippen molar-refractivity contribution in [2.75, 3.05) is 32.8 Å². The maximum atomic E-state index is 13.0. The van der Waals surface area contributed by atoms with Crippen molar-refractivity contribution in [1.29, 1.82) is 0 Å². The van der Waals surface area contributed by atoms with Crippen LogP contribution in [0.4, 0.5) is 5.69 Å². The monoisotopic (exact) mass is 327 g/mol. The highest BCUT2D eigenvalue weighted by Gasteiger charge is 2.25. The minimum absolute atomic E-state index is 0.0508. The standard InChI is InChI=1S/C19H21NO4/c1-22-15-8-6-13-5-4-10-20(16(13)12-15)19(21)14-7-9-17(23-2)18(11-14)24-3/h6-9,11-12H,4-5,10H2,1-3H3. The molecule has 0 radical (unpaired) electrons. The molecule has 126 valence electrons. The predicted octanol–water partition coefficient (Wildman–Crippen LogP) is 3.31. The number of hydrogen-bond acceptors (Lipinski definition) is 4. The van der Waals surface area contributed by atoms with Crippen molar-refractivity contribution in [3.63, 3.8) is 0 Å². The van der Waals surface area contributed by atoms with E-state index in [-0.39, 0.29) is 5.91 Å². The van der Waals surface area contributed by atoms with Gasteiger partial charge in [-0.3, -0.25) is 4.79 Å². The fourth-order valence-corrected chi connectivity index (χ4v) is 3.02. The Bertz CT molecular complexity index is 757. The molecule has 0 saturated carbocycles. The minimum Gasteiger partial charge on any atom is -0.497 e. The van der Waals surface area contributed by atoms with Crippen molar-refractivity contribution in [3.05, 3.63) is 47.5 Å². The van der Waals surface area contributed by atoms with E-state index in [4.69, 9.17) is 14.2 Å². The molecule has 0 atom stereocenters. The molecule has 0 aliphatic carbocycles. The Kier molecular flexibility index (Phi) is 4.60. The van der Waals surface area contributed by atoms with Gasteiger partial charge >= 0.3 is 0 Å². The van der Waals surface area contributed by atoms with Crippen molar-refractivity contribution in [3.8, 4) is 17.2 Å². The van der Waals surface area contributed by atoms with Gasteiger partial charge in [-0.1, -0.05) is 6.07 Å². The molecule has 24 heavy (non-hydrogen) atoms. The van der Waals surface area contributed by atoms with E-state index < -0.39 is 0 Å². The summed E-state index contributed by atoms with van der Waals surface area (Å²) in [7, 11) is 4.77. The van der Waals surface area contributed by atoms with Crippen molar-refractivity contribution in [2.45, 2.75) is 12.8 Å². The van der Waals surface area contributed by atoms with E-state index >= 15 is 0 Å². The fraction of sp³-hybridized carbons (Fsp3) is 0.316. The van der Waals surface area contributed by atoms with Crippen molar-refractivity contribution < 1.29 is 19.0 Å². The van der Waals surface area contributed by atoms with Crippen LogP contribution in [0.3, 0.4) is 0 Å². The number of rotatable bonds is 4. The number of carbonyl (C=O) groups excluding carboxylic acids is 1. The summed E-state index contributed by atoms with van der Waals surface area (Å²) in [5.74, 6) is 1.85. The van der Waals surface area contributed by atoms with Crippen LogP contribution in [0.1, 0.15) is 22.3 Å². The number of nitrogens with zero attached hydrogens (tertiary/aromatic N) is 1. The second-order valence-electron chi connectivity index (χ2n) is 5.62. The lowest BCUT2D eigenvalue weighted by Gasteiger charge is -2.30. The highest BCUT2D eigenvalue weighted by Crippen LogP contribution is 2.33. The normalized spacial score (nSPS) is 13.2. The summed E-state index contributed by atoms with van der Waals surface area (Å²) in [6.45, 7) is 0.688. The molecule has 0 N–H and O–H groups in total. The smallest absolute Gasteiger partial charge is 0.258 e. The zero-order valence-corrected chi connectivity index (χ0v) is 14.2. The largest absolute Gasteiger partial charge is 0.497 e. The molecule has 0 unspecified atom stereocenters. The first-order chi connectivity index (χ1) is 11.7. The van der Waals surface area contributed by atoms with Gasteiger partial charge in [0.1, 0.15) is 5.75 Å². The molecule has 3 rings (SSSR count). The number of methoxy groups -OCH3 is 3. The fourth-order valence-electron chi connectivity index (χ4n) is 3.02. The second-order valence-corrected chi connectivity index (χ2v) is 5.62. The molecule has 0 aromatic heterocycles. The van der Waals surface area contributed by atoms with E-state index in [1.54, 1.807) is 39.5 Å². The quantitative estimate of drug-likeness (QED) is 0.864. The average Bonchev–Trinajstić information content (AvgIpc) is 2.65. The summed E-state index contributed by atoms with van der Waals surface area (Å²) in [6.07, 6.45) is 1.91. The number of benzene rings is 2. The molecule has 1 heterocycles. The van der Waals surface area contributed by atoms with Gasteiger partial charge in [-0.2, -0.15) is 0 Å². The number of hydrogen-bond donors (Lipinski definition) is 0. The maximum Gasteiger partial charge on any atom is 0.258 e. The topological polar surface area (TPSA) is 48.0 Å². The first kappa shape index (κ1) is 16.2. The molecule has 5 heteroatoms. The van der Waals surface area contributed by atoms with Gasteiger partial charge in [-0.15, -0.1) is 0 Å². The van der Waals surface area contributed by atoms with Gasteiger partial charge in [-0.25, -0.2) is 0 Å². The van der Waals surface area contributed by atoms with Crippen LogP contribution in [0.5, 0.6) is 17.2 Å². The molecular formula is C19H21NO4. The summed E-state index contributed by atoms with van der Waals surface area (Å²) in [5, 5.41) is 0. The first-order valence-electron chi connectivity index (χ1n) is 7.88.